The van der Waals surface area contributed by atoms with Gasteiger partial charge in [-0.3, -0.25) is 14.8 Å². The second-order valence-corrected chi connectivity index (χ2v) is 4.36. The Hall–Kier alpha value is -1.87. The second kappa shape index (κ2) is 4.33. The van der Waals surface area contributed by atoms with Crippen molar-refractivity contribution < 1.29 is 18.4 Å². The Labute approximate surface area is 91.2 Å². The van der Waals surface area contributed by atoms with Crippen LogP contribution in [0, 0.1) is 10.1 Å². The molecule has 3 N–H and O–H groups in total. The smallest absolute Gasteiger partial charge is 0.299 e. The number of hydrogen-bond donors (Lipinski definition) is 3. The molecular formula is C7H9N3O5S. The maximum atomic E-state index is 11.1. The Morgan fingerprint density at radius 1 is 1.44 bits per heavy atom. The minimum atomic E-state index is -3.92. The normalized spacial score (nSPS) is 11.1. The molecule has 0 aliphatic rings. The zero-order valence-electron chi connectivity index (χ0n) is 8.17. The van der Waals surface area contributed by atoms with E-state index in [1.165, 1.54) is 6.07 Å². The van der Waals surface area contributed by atoms with Crippen LogP contribution in [0.5, 0.6) is 5.75 Å². The zero-order valence-corrected chi connectivity index (χ0v) is 8.98. The van der Waals surface area contributed by atoms with E-state index in [4.69, 9.17) is 0 Å². The van der Waals surface area contributed by atoms with Crippen molar-refractivity contribution in [1.82, 2.24) is 4.72 Å². The molecule has 0 heterocycles. The lowest BCUT2D eigenvalue weighted by Gasteiger charge is -2.08. The van der Waals surface area contributed by atoms with Crippen molar-refractivity contribution >= 4 is 21.6 Å². The van der Waals surface area contributed by atoms with Crippen LogP contribution >= 0.6 is 0 Å². The first-order valence-electron chi connectivity index (χ1n) is 4.05. The van der Waals surface area contributed by atoms with Gasteiger partial charge in [0, 0.05) is 13.1 Å². The van der Waals surface area contributed by atoms with Crippen LogP contribution in [0.1, 0.15) is 0 Å². The van der Waals surface area contributed by atoms with E-state index in [0.29, 0.717) is 0 Å². The standard InChI is InChI=1S/C7H9N3O5S/c1-8-16(14,15)9-7-5(10(12)13)3-2-4-6(7)11/h2-4,8-9,11H,1H3. The van der Waals surface area contributed by atoms with Gasteiger partial charge in [-0.2, -0.15) is 8.42 Å². The van der Waals surface area contributed by atoms with E-state index in [-0.39, 0.29) is 0 Å². The minimum Gasteiger partial charge on any atom is -0.505 e. The number of aromatic hydroxyl groups is 1. The average molecular weight is 247 g/mol. The van der Waals surface area contributed by atoms with Crippen molar-refractivity contribution in [3.63, 3.8) is 0 Å². The summed E-state index contributed by atoms with van der Waals surface area (Å²) in [5, 5.41) is 19.9. The van der Waals surface area contributed by atoms with Gasteiger partial charge < -0.3 is 5.11 Å². The molecule has 0 saturated carbocycles. The monoisotopic (exact) mass is 247 g/mol. The molecule has 1 rings (SSSR count). The molecule has 1 aromatic carbocycles. The first-order valence-corrected chi connectivity index (χ1v) is 5.53. The SMILES string of the molecule is CNS(=O)(=O)Nc1c(O)cccc1[N+](=O)[O-]. The lowest BCUT2D eigenvalue weighted by Crippen LogP contribution is -2.26. The highest BCUT2D eigenvalue weighted by atomic mass is 32.2. The van der Waals surface area contributed by atoms with Crippen LogP contribution < -0.4 is 9.44 Å². The van der Waals surface area contributed by atoms with Crippen LogP contribution in [0.4, 0.5) is 11.4 Å². The summed E-state index contributed by atoms with van der Waals surface area (Å²) in [6, 6.07) is 3.46. The summed E-state index contributed by atoms with van der Waals surface area (Å²) in [5.41, 5.74) is -0.999. The maximum absolute atomic E-state index is 11.1. The third-order valence-electron chi connectivity index (χ3n) is 1.72. The largest absolute Gasteiger partial charge is 0.505 e. The van der Waals surface area contributed by atoms with Crippen LogP contribution in [0.15, 0.2) is 18.2 Å². The average Bonchev–Trinajstić information content (AvgIpc) is 2.20. The summed E-state index contributed by atoms with van der Waals surface area (Å²) in [5.74, 6) is -0.520. The van der Waals surface area contributed by atoms with Crippen LogP contribution in [0.25, 0.3) is 0 Å². The Bertz CT molecular complexity index is 513. The molecule has 0 amide bonds. The zero-order chi connectivity index (χ0) is 12.3. The lowest BCUT2D eigenvalue weighted by molar-refractivity contribution is -0.383. The number of hydrogen-bond acceptors (Lipinski definition) is 5. The predicted octanol–water partition coefficient (Wildman–Crippen LogP) is 0.176. The number of nitrogens with zero attached hydrogens (tertiary/aromatic N) is 1. The van der Waals surface area contributed by atoms with Gasteiger partial charge in [0.25, 0.3) is 15.9 Å². The summed E-state index contributed by atoms with van der Waals surface area (Å²) in [4.78, 5) is 9.79. The molecular weight excluding hydrogens is 238 g/mol. The molecule has 0 spiro atoms. The number of phenols is 1. The van der Waals surface area contributed by atoms with E-state index >= 15 is 0 Å². The topological polar surface area (TPSA) is 122 Å². The van der Waals surface area contributed by atoms with Crippen molar-refractivity contribution in [1.29, 1.82) is 0 Å². The van der Waals surface area contributed by atoms with E-state index in [0.717, 1.165) is 19.2 Å². The van der Waals surface area contributed by atoms with E-state index < -0.39 is 32.3 Å². The summed E-state index contributed by atoms with van der Waals surface area (Å²) in [6.07, 6.45) is 0. The lowest BCUT2D eigenvalue weighted by atomic mass is 10.2. The van der Waals surface area contributed by atoms with E-state index in [1.807, 2.05) is 9.44 Å². The Morgan fingerprint density at radius 2 is 2.06 bits per heavy atom. The van der Waals surface area contributed by atoms with Gasteiger partial charge in [0.2, 0.25) is 0 Å². The number of benzene rings is 1. The van der Waals surface area contributed by atoms with Gasteiger partial charge in [0.15, 0.2) is 5.69 Å². The summed E-state index contributed by atoms with van der Waals surface area (Å²) in [6.45, 7) is 0. The number of para-hydroxylation sites is 1. The number of rotatable bonds is 4. The molecule has 9 heteroatoms. The third-order valence-corrected chi connectivity index (χ3v) is 2.73. The number of nitro groups is 1. The van der Waals surface area contributed by atoms with Crippen molar-refractivity contribution in [3.05, 3.63) is 28.3 Å². The van der Waals surface area contributed by atoms with Crippen LogP contribution in [-0.4, -0.2) is 25.5 Å². The maximum Gasteiger partial charge on any atom is 0.299 e. The number of nitro benzene ring substituents is 1. The minimum absolute atomic E-state index is 0.471. The number of anilines is 1. The molecule has 88 valence electrons. The fourth-order valence-electron chi connectivity index (χ4n) is 0.970. The van der Waals surface area contributed by atoms with E-state index in [1.54, 1.807) is 0 Å². The predicted molar refractivity (Wildman–Crippen MR) is 56.4 cm³/mol. The second-order valence-electron chi connectivity index (χ2n) is 2.74. The molecule has 0 radical (unpaired) electrons. The summed E-state index contributed by atoms with van der Waals surface area (Å²) < 4.78 is 26.0. The quantitative estimate of drug-likeness (QED) is 0.398. The molecule has 0 aromatic heterocycles. The highest BCUT2D eigenvalue weighted by molar-refractivity contribution is 7.90. The fraction of sp³-hybridized carbons (Fsp3) is 0.143. The molecule has 16 heavy (non-hydrogen) atoms. The van der Waals surface area contributed by atoms with E-state index in [9.17, 15) is 23.6 Å². The molecule has 0 atom stereocenters. The molecule has 0 aliphatic heterocycles. The van der Waals surface area contributed by atoms with Crippen LogP contribution in [0.3, 0.4) is 0 Å². The first kappa shape index (κ1) is 12.2. The van der Waals surface area contributed by atoms with Crippen molar-refractivity contribution in [2.75, 3.05) is 11.8 Å². The highest BCUT2D eigenvalue weighted by Gasteiger charge is 2.21. The molecule has 1 aromatic rings. The Kier molecular flexibility index (Phi) is 3.30. The van der Waals surface area contributed by atoms with Gasteiger partial charge in [0.1, 0.15) is 5.75 Å². The third kappa shape index (κ3) is 2.58. The molecule has 0 unspecified atom stereocenters. The first-order chi connectivity index (χ1) is 7.37. The van der Waals surface area contributed by atoms with Gasteiger partial charge in [0.05, 0.1) is 4.92 Å². The molecule has 8 nitrogen and oxygen atoms in total. The molecule has 0 bridgehead atoms. The van der Waals surface area contributed by atoms with Gasteiger partial charge in [-0.25, -0.2) is 4.72 Å². The fourth-order valence-corrected chi connectivity index (χ4v) is 1.55. The van der Waals surface area contributed by atoms with Crippen LogP contribution in [0.2, 0.25) is 0 Å². The van der Waals surface area contributed by atoms with Gasteiger partial charge in [-0.15, -0.1) is 0 Å². The number of phenolic OH excluding ortho intramolecular Hbond substituents is 1. The van der Waals surface area contributed by atoms with Crippen molar-refractivity contribution in [3.8, 4) is 5.75 Å². The molecule has 0 fully saturated rings. The molecule has 0 aliphatic carbocycles. The Morgan fingerprint density at radius 3 is 2.56 bits per heavy atom. The van der Waals surface area contributed by atoms with Gasteiger partial charge >= 0.3 is 0 Å². The highest BCUT2D eigenvalue weighted by Crippen LogP contribution is 2.33. The number of nitrogens with one attached hydrogen (secondary N) is 2. The van der Waals surface area contributed by atoms with Gasteiger partial charge in [-0.05, 0) is 6.07 Å². The summed E-state index contributed by atoms with van der Waals surface area (Å²) in [7, 11) is -2.78. The Balaban J connectivity index is 3.27. The van der Waals surface area contributed by atoms with Crippen molar-refractivity contribution in [2.24, 2.45) is 0 Å². The van der Waals surface area contributed by atoms with Crippen molar-refractivity contribution in [2.45, 2.75) is 0 Å². The van der Waals surface area contributed by atoms with E-state index in [2.05, 4.69) is 0 Å². The van der Waals surface area contributed by atoms with Gasteiger partial charge in [-0.1, -0.05) is 6.07 Å². The molecule has 0 saturated heterocycles. The summed E-state index contributed by atoms with van der Waals surface area (Å²) >= 11 is 0. The van der Waals surface area contributed by atoms with Crippen LogP contribution in [-0.2, 0) is 10.2 Å².